The average molecular weight is 299 g/mol. The van der Waals surface area contributed by atoms with E-state index in [1.165, 1.54) is 0 Å². The van der Waals surface area contributed by atoms with Crippen LogP contribution in [0.15, 0.2) is 0 Å². The molecule has 7 heteroatoms. The second-order valence-corrected chi connectivity index (χ2v) is 6.57. The van der Waals surface area contributed by atoms with Crippen molar-refractivity contribution in [2.24, 2.45) is 0 Å². The lowest BCUT2D eigenvalue weighted by Gasteiger charge is -2.14. The molecule has 0 bridgehead atoms. The topological polar surface area (TPSA) is 66.5 Å². The molecule has 1 aliphatic rings. The molecule has 1 fully saturated rings. The summed E-state index contributed by atoms with van der Waals surface area (Å²) >= 11 is 2.86. The summed E-state index contributed by atoms with van der Waals surface area (Å²) in [6, 6.07) is 0. The molecular formula is C8H15BrN2O3S. The molecule has 0 aromatic carbocycles. The molecule has 1 rings (SSSR count). The summed E-state index contributed by atoms with van der Waals surface area (Å²) in [5, 5.41) is 0. The van der Waals surface area contributed by atoms with E-state index in [0.29, 0.717) is 0 Å². The van der Waals surface area contributed by atoms with E-state index in [1.54, 1.807) is 4.90 Å². The van der Waals surface area contributed by atoms with Crippen LogP contribution in [-0.2, 0) is 14.8 Å². The van der Waals surface area contributed by atoms with Gasteiger partial charge in [-0.25, -0.2) is 13.1 Å². The van der Waals surface area contributed by atoms with E-state index in [2.05, 4.69) is 20.7 Å². The Balaban J connectivity index is 2.22. The Labute approximate surface area is 98.4 Å². The van der Waals surface area contributed by atoms with Gasteiger partial charge in [0.25, 0.3) is 0 Å². The first kappa shape index (κ1) is 12.9. The molecule has 0 atom stereocenters. The largest absolute Gasteiger partial charge is 0.343 e. The third kappa shape index (κ3) is 4.48. The highest BCUT2D eigenvalue weighted by atomic mass is 79.9. The normalized spacial score (nSPS) is 17.0. The van der Waals surface area contributed by atoms with Gasteiger partial charge in [-0.3, -0.25) is 4.79 Å². The van der Waals surface area contributed by atoms with Gasteiger partial charge in [-0.2, -0.15) is 0 Å². The maximum Gasteiger partial charge on any atom is 0.223 e. The molecule has 0 aliphatic carbocycles. The molecule has 15 heavy (non-hydrogen) atoms. The predicted octanol–water partition coefficient (Wildman–Crippen LogP) is 0.271. The molecule has 0 saturated carbocycles. The summed E-state index contributed by atoms with van der Waals surface area (Å²) in [6.07, 6.45) is 2.35. The van der Waals surface area contributed by atoms with Gasteiger partial charge in [-0.05, 0) is 12.8 Å². The summed E-state index contributed by atoms with van der Waals surface area (Å²) in [7, 11) is -3.24. The van der Waals surface area contributed by atoms with Gasteiger partial charge in [0.1, 0.15) is 4.66 Å². The summed E-state index contributed by atoms with van der Waals surface area (Å²) in [4.78, 5) is 13.3. The monoisotopic (exact) mass is 298 g/mol. The number of amides is 1. The molecule has 5 nitrogen and oxygen atoms in total. The number of carbonyl (C=O) groups excluding carboxylic acids is 1. The van der Waals surface area contributed by atoms with Crippen LogP contribution in [0, 0.1) is 0 Å². The van der Waals surface area contributed by atoms with Gasteiger partial charge in [-0.15, -0.1) is 0 Å². The second kappa shape index (κ2) is 5.81. The molecule has 0 radical (unpaired) electrons. The molecule has 1 N–H and O–H groups in total. The van der Waals surface area contributed by atoms with Gasteiger partial charge in [0.05, 0.1) is 0 Å². The SMILES string of the molecule is O=C(CCNS(=O)(=O)CBr)N1CCCC1. The van der Waals surface area contributed by atoms with Crippen LogP contribution >= 0.6 is 15.9 Å². The first-order chi connectivity index (χ1) is 7.05. The molecule has 0 spiro atoms. The smallest absolute Gasteiger partial charge is 0.223 e. The number of carbonyl (C=O) groups is 1. The molecule has 0 aromatic rings. The minimum Gasteiger partial charge on any atom is -0.343 e. The van der Waals surface area contributed by atoms with Crippen molar-refractivity contribution in [3.8, 4) is 0 Å². The summed E-state index contributed by atoms with van der Waals surface area (Å²) < 4.78 is 24.3. The zero-order valence-electron chi connectivity index (χ0n) is 8.41. The van der Waals surface area contributed by atoms with Crippen molar-refractivity contribution < 1.29 is 13.2 Å². The molecule has 1 amide bonds. The number of nitrogens with zero attached hydrogens (tertiary/aromatic N) is 1. The van der Waals surface area contributed by atoms with Crippen molar-refractivity contribution in [2.45, 2.75) is 19.3 Å². The summed E-state index contributed by atoms with van der Waals surface area (Å²) in [5.41, 5.74) is 0. The van der Waals surface area contributed by atoms with Crippen LogP contribution in [0.3, 0.4) is 0 Å². The average Bonchev–Trinajstić information content (AvgIpc) is 2.70. The highest BCUT2D eigenvalue weighted by Crippen LogP contribution is 2.08. The van der Waals surface area contributed by atoms with Gasteiger partial charge >= 0.3 is 0 Å². The number of halogens is 1. The Morgan fingerprint density at radius 3 is 2.47 bits per heavy atom. The maximum atomic E-state index is 11.5. The first-order valence-electron chi connectivity index (χ1n) is 4.86. The molecule has 1 saturated heterocycles. The third-order valence-corrected chi connectivity index (χ3v) is 5.00. The number of alkyl halides is 1. The Hall–Kier alpha value is -0.140. The van der Waals surface area contributed by atoms with Crippen molar-refractivity contribution in [1.82, 2.24) is 9.62 Å². The third-order valence-electron chi connectivity index (χ3n) is 2.26. The number of likely N-dealkylation sites (tertiary alicyclic amines) is 1. The van der Waals surface area contributed by atoms with E-state index in [1.807, 2.05) is 0 Å². The quantitative estimate of drug-likeness (QED) is 0.741. The minimum atomic E-state index is -3.24. The van der Waals surface area contributed by atoms with E-state index in [-0.39, 0.29) is 23.5 Å². The van der Waals surface area contributed by atoms with Crippen molar-refractivity contribution in [3.63, 3.8) is 0 Å². The van der Waals surface area contributed by atoms with Crippen LogP contribution in [0.25, 0.3) is 0 Å². The predicted molar refractivity (Wildman–Crippen MR) is 61.1 cm³/mol. The molecule has 88 valence electrons. The number of hydrogen-bond acceptors (Lipinski definition) is 3. The Morgan fingerprint density at radius 2 is 1.93 bits per heavy atom. The number of sulfonamides is 1. The van der Waals surface area contributed by atoms with Crippen molar-refractivity contribution >= 4 is 31.9 Å². The standard InChI is InChI=1S/C8H15BrN2O3S/c9-7-15(13,14)10-4-3-8(12)11-5-1-2-6-11/h10H,1-7H2. The van der Waals surface area contributed by atoms with Crippen LogP contribution in [0.4, 0.5) is 0 Å². The molecule has 1 heterocycles. The zero-order chi connectivity index (χ0) is 11.3. The van der Waals surface area contributed by atoms with E-state index < -0.39 is 10.0 Å². The van der Waals surface area contributed by atoms with Crippen LogP contribution in [0.1, 0.15) is 19.3 Å². The molecule has 0 aromatic heterocycles. The van der Waals surface area contributed by atoms with Crippen molar-refractivity contribution in [1.29, 1.82) is 0 Å². The molecule has 0 unspecified atom stereocenters. The van der Waals surface area contributed by atoms with Crippen LogP contribution in [-0.4, -0.2) is 43.5 Å². The van der Waals surface area contributed by atoms with E-state index in [9.17, 15) is 13.2 Å². The van der Waals surface area contributed by atoms with E-state index >= 15 is 0 Å². The minimum absolute atomic E-state index is 0.0322. The molecular weight excluding hydrogens is 284 g/mol. The van der Waals surface area contributed by atoms with Crippen molar-refractivity contribution in [3.05, 3.63) is 0 Å². The lowest BCUT2D eigenvalue weighted by atomic mass is 10.4. The second-order valence-electron chi connectivity index (χ2n) is 3.46. The van der Waals surface area contributed by atoms with Gasteiger partial charge in [0.2, 0.25) is 15.9 Å². The number of rotatable bonds is 5. The highest BCUT2D eigenvalue weighted by Gasteiger charge is 2.17. The molecule has 1 aliphatic heterocycles. The first-order valence-corrected chi connectivity index (χ1v) is 7.63. The van der Waals surface area contributed by atoms with E-state index in [4.69, 9.17) is 0 Å². The van der Waals surface area contributed by atoms with Gasteiger partial charge in [0.15, 0.2) is 0 Å². The highest BCUT2D eigenvalue weighted by molar-refractivity contribution is 9.10. The van der Waals surface area contributed by atoms with E-state index in [0.717, 1.165) is 25.9 Å². The fourth-order valence-electron chi connectivity index (χ4n) is 1.48. The Bertz CT molecular complexity index is 312. The number of hydrogen-bond donors (Lipinski definition) is 1. The zero-order valence-corrected chi connectivity index (χ0v) is 10.8. The lowest BCUT2D eigenvalue weighted by Crippen LogP contribution is -2.32. The maximum absolute atomic E-state index is 11.5. The van der Waals surface area contributed by atoms with Crippen LogP contribution < -0.4 is 4.72 Å². The number of nitrogens with one attached hydrogen (secondary N) is 1. The Morgan fingerprint density at radius 1 is 1.33 bits per heavy atom. The van der Waals surface area contributed by atoms with Gasteiger partial charge in [-0.1, -0.05) is 15.9 Å². The Kier molecular flexibility index (Phi) is 5.01. The van der Waals surface area contributed by atoms with Gasteiger partial charge in [0, 0.05) is 26.1 Å². The van der Waals surface area contributed by atoms with Crippen LogP contribution in [0.2, 0.25) is 0 Å². The summed E-state index contributed by atoms with van der Waals surface area (Å²) in [6.45, 7) is 1.80. The van der Waals surface area contributed by atoms with Crippen LogP contribution in [0.5, 0.6) is 0 Å². The fourth-order valence-corrected chi connectivity index (χ4v) is 2.45. The van der Waals surface area contributed by atoms with Gasteiger partial charge < -0.3 is 4.90 Å². The van der Waals surface area contributed by atoms with Crippen molar-refractivity contribution in [2.75, 3.05) is 24.3 Å². The summed E-state index contributed by atoms with van der Waals surface area (Å²) in [5.74, 6) is 0.0322. The lowest BCUT2D eigenvalue weighted by molar-refractivity contribution is -0.129. The fraction of sp³-hybridized carbons (Fsp3) is 0.875.